The maximum Gasteiger partial charge on any atom is 0.186 e. The lowest BCUT2D eigenvalue weighted by molar-refractivity contribution is 0.0315. The van der Waals surface area contributed by atoms with Gasteiger partial charge in [0, 0.05) is 17.7 Å². The Morgan fingerprint density at radius 3 is 3.05 bits per heavy atom. The molecule has 1 aliphatic heterocycles. The van der Waals surface area contributed by atoms with E-state index in [1.54, 1.807) is 18.1 Å². The molecular weight excluding hydrogens is 284 g/mol. The molecule has 5 heteroatoms. The van der Waals surface area contributed by atoms with E-state index in [2.05, 4.69) is 9.97 Å². The fourth-order valence-corrected chi connectivity index (χ4v) is 3.71. The second-order valence-corrected chi connectivity index (χ2v) is 6.26. The molecule has 1 fully saturated rings. The van der Waals surface area contributed by atoms with Crippen LogP contribution < -0.4 is 0 Å². The molecule has 4 nitrogen and oxygen atoms in total. The number of thioether (sulfide) groups is 1. The molecule has 0 unspecified atom stereocenters. The molecule has 0 aliphatic carbocycles. The Hall–Kier alpha value is -1.59. The van der Waals surface area contributed by atoms with Gasteiger partial charge in [0.2, 0.25) is 0 Å². The van der Waals surface area contributed by atoms with Gasteiger partial charge in [-0.25, -0.2) is 9.97 Å². The highest BCUT2D eigenvalue weighted by Gasteiger charge is 2.17. The monoisotopic (exact) mass is 300 g/mol. The van der Waals surface area contributed by atoms with E-state index in [0.29, 0.717) is 6.10 Å². The minimum atomic E-state index is 0.332. The summed E-state index contributed by atoms with van der Waals surface area (Å²) in [5, 5.41) is 1.95. The Labute approximate surface area is 126 Å². The third kappa shape index (κ3) is 2.51. The van der Waals surface area contributed by atoms with Crippen LogP contribution in [0.15, 0.2) is 40.0 Å². The Kier molecular flexibility index (Phi) is 3.53. The van der Waals surface area contributed by atoms with Gasteiger partial charge in [0.1, 0.15) is 22.5 Å². The first-order chi connectivity index (χ1) is 10.4. The van der Waals surface area contributed by atoms with Crippen molar-refractivity contribution in [3.8, 4) is 0 Å². The van der Waals surface area contributed by atoms with Gasteiger partial charge in [-0.15, -0.1) is 0 Å². The van der Waals surface area contributed by atoms with Gasteiger partial charge >= 0.3 is 0 Å². The maximum absolute atomic E-state index is 5.94. The number of ether oxygens (including phenoxy) is 1. The van der Waals surface area contributed by atoms with E-state index in [4.69, 9.17) is 9.15 Å². The van der Waals surface area contributed by atoms with Crippen LogP contribution >= 0.6 is 11.8 Å². The first-order valence-electron chi connectivity index (χ1n) is 7.28. The van der Waals surface area contributed by atoms with Gasteiger partial charge in [-0.1, -0.05) is 23.9 Å². The normalized spacial score (nSPS) is 19.3. The number of para-hydroxylation sites is 1. The number of benzene rings is 1. The molecule has 0 saturated carbocycles. The average Bonchev–Trinajstić information content (AvgIpc) is 2.93. The molecule has 1 aliphatic rings. The van der Waals surface area contributed by atoms with Gasteiger partial charge in [0.15, 0.2) is 5.58 Å². The molecule has 1 atom stereocenters. The largest absolute Gasteiger partial charge is 0.451 e. The fraction of sp³-hybridized carbons (Fsp3) is 0.375. The lowest BCUT2D eigenvalue weighted by Gasteiger charge is -2.21. The number of nitrogens with zero attached hydrogens (tertiary/aromatic N) is 2. The summed E-state index contributed by atoms with van der Waals surface area (Å²) in [4.78, 5) is 8.76. The predicted molar refractivity (Wildman–Crippen MR) is 83.6 cm³/mol. The van der Waals surface area contributed by atoms with Crippen molar-refractivity contribution in [1.82, 2.24) is 9.97 Å². The maximum atomic E-state index is 5.94. The van der Waals surface area contributed by atoms with Crippen molar-refractivity contribution in [2.75, 3.05) is 12.4 Å². The molecule has 2 aromatic heterocycles. The van der Waals surface area contributed by atoms with Crippen molar-refractivity contribution in [2.45, 2.75) is 30.4 Å². The summed E-state index contributed by atoms with van der Waals surface area (Å²) in [6.07, 6.45) is 5.53. The minimum Gasteiger partial charge on any atom is -0.451 e. The highest BCUT2D eigenvalue weighted by molar-refractivity contribution is 7.99. The second kappa shape index (κ2) is 5.66. The Bertz CT molecular complexity index is 765. The zero-order chi connectivity index (χ0) is 14.1. The molecule has 0 amide bonds. The molecule has 108 valence electrons. The summed E-state index contributed by atoms with van der Waals surface area (Å²) < 4.78 is 11.7. The Morgan fingerprint density at radius 1 is 1.19 bits per heavy atom. The van der Waals surface area contributed by atoms with Crippen molar-refractivity contribution in [2.24, 2.45) is 0 Å². The molecule has 0 radical (unpaired) electrons. The van der Waals surface area contributed by atoms with Gasteiger partial charge in [-0.2, -0.15) is 0 Å². The summed E-state index contributed by atoms with van der Waals surface area (Å²) in [6.45, 7) is 0.884. The summed E-state index contributed by atoms with van der Waals surface area (Å²) >= 11 is 1.70. The van der Waals surface area contributed by atoms with Crippen LogP contribution in [0.1, 0.15) is 19.3 Å². The number of aromatic nitrogens is 2. The highest BCUT2D eigenvalue weighted by Crippen LogP contribution is 2.33. The van der Waals surface area contributed by atoms with Crippen LogP contribution in [0.25, 0.3) is 22.1 Å². The molecule has 0 spiro atoms. The van der Waals surface area contributed by atoms with Gasteiger partial charge in [0.25, 0.3) is 0 Å². The van der Waals surface area contributed by atoms with E-state index in [9.17, 15) is 0 Å². The third-order valence-corrected chi connectivity index (χ3v) is 4.91. The molecule has 4 rings (SSSR count). The van der Waals surface area contributed by atoms with E-state index in [-0.39, 0.29) is 0 Å². The first-order valence-corrected chi connectivity index (χ1v) is 8.27. The molecule has 1 saturated heterocycles. The highest BCUT2D eigenvalue weighted by atomic mass is 32.2. The molecule has 21 heavy (non-hydrogen) atoms. The lowest BCUT2D eigenvalue weighted by atomic mass is 10.1. The smallest absolute Gasteiger partial charge is 0.186 e. The van der Waals surface area contributed by atoms with Crippen LogP contribution in [0, 0.1) is 0 Å². The number of rotatable bonds is 3. The summed E-state index contributed by atoms with van der Waals surface area (Å²) in [5.74, 6) is 0.920. The summed E-state index contributed by atoms with van der Waals surface area (Å²) in [5.41, 5.74) is 2.55. The van der Waals surface area contributed by atoms with Gasteiger partial charge < -0.3 is 9.15 Å². The summed E-state index contributed by atoms with van der Waals surface area (Å²) in [7, 11) is 0. The van der Waals surface area contributed by atoms with Gasteiger partial charge in [-0.05, 0) is 31.4 Å². The molecule has 0 bridgehead atoms. The van der Waals surface area contributed by atoms with Crippen molar-refractivity contribution in [1.29, 1.82) is 0 Å². The first kappa shape index (κ1) is 13.1. The third-order valence-electron chi connectivity index (χ3n) is 3.81. The number of fused-ring (bicyclic) bond motifs is 3. The summed E-state index contributed by atoms with van der Waals surface area (Å²) in [6, 6.07) is 7.98. The van der Waals surface area contributed by atoms with Gasteiger partial charge in [-0.3, -0.25) is 0 Å². The van der Waals surface area contributed by atoms with E-state index in [1.165, 1.54) is 12.8 Å². The van der Waals surface area contributed by atoms with Crippen molar-refractivity contribution < 1.29 is 9.15 Å². The van der Waals surface area contributed by atoms with E-state index < -0.39 is 0 Å². The van der Waals surface area contributed by atoms with Crippen LogP contribution in [0.4, 0.5) is 0 Å². The second-order valence-electron chi connectivity index (χ2n) is 5.25. The molecular formula is C16H16N2O2S. The van der Waals surface area contributed by atoms with Crippen molar-refractivity contribution in [3.05, 3.63) is 30.6 Å². The average molecular weight is 300 g/mol. The minimum absolute atomic E-state index is 0.332. The number of hydrogen-bond donors (Lipinski definition) is 0. The quantitative estimate of drug-likeness (QED) is 0.540. The zero-order valence-corrected chi connectivity index (χ0v) is 12.4. The molecule has 3 heterocycles. The van der Waals surface area contributed by atoms with Crippen molar-refractivity contribution in [3.63, 3.8) is 0 Å². The predicted octanol–water partition coefficient (Wildman–Crippen LogP) is 4.04. The Morgan fingerprint density at radius 2 is 2.14 bits per heavy atom. The van der Waals surface area contributed by atoms with E-state index in [0.717, 1.165) is 45.9 Å². The van der Waals surface area contributed by atoms with Gasteiger partial charge in [0.05, 0.1) is 6.10 Å². The van der Waals surface area contributed by atoms with Crippen LogP contribution in [-0.2, 0) is 4.74 Å². The van der Waals surface area contributed by atoms with Crippen LogP contribution in [0.5, 0.6) is 0 Å². The number of furan rings is 1. The van der Waals surface area contributed by atoms with Crippen molar-refractivity contribution >= 4 is 33.8 Å². The van der Waals surface area contributed by atoms with Crippen LogP contribution in [-0.4, -0.2) is 28.4 Å². The number of hydrogen-bond acceptors (Lipinski definition) is 5. The fourth-order valence-electron chi connectivity index (χ4n) is 2.72. The molecule has 1 aromatic carbocycles. The van der Waals surface area contributed by atoms with E-state index in [1.807, 2.05) is 24.3 Å². The zero-order valence-electron chi connectivity index (χ0n) is 11.6. The standard InChI is InChI=1S/C16H16N2O2S/c1-2-7-13-12(6-1)14-15(20-13)16(18-10-17-14)21-9-11-5-3-4-8-19-11/h1-2,6-7,10-11H,3-5,8-9H2/t11-/m1/s1. The van der Waals surface area contributed by atoms with E-state index >= 15 is 0 Å². The Balaban J connectivity index is 1.65. The molecule has 0 N–H and O–H groups in total. The topological polar surface area (TPSA) is 48.2 Å². The lowest BCUT2D eigenvalue weighted by Crippen LogP contribution is -2.21. The molecule has 3 aromatic rings. The van der Waals surface area contributed by atoms with Crippen LogP contribution in [0.3, 0.4) is 0 Å². The van der Waals surface area contributed by atoms with Crippen LogP contribution in [0.2, 0.25) is 0 Å². The SMILES string of the molecule is c1ccc2c(c1)oc1c(SC[C@H]3CCCCO3)ncnc12.